The molecule has 5 heteroatoms. The Balaban J connectivity index is 1.93. The minimum Gasteiger partial charge on any atom is -0.497 e. The van der Waals surface area contributed by atoms with Gasteiger partial charge in [-0.05, 0) is 30.3 Å². The number of nitrogens with zero attached hydrogens (tertiary/aromatic N) is 2. The molecule has 0 aliphatic heterocycles. The van der Waals surface area contributed by atoms with Gasteiger partial charge in [0.05, 0.1) is 24.6 Å². The normalized spacial score (nSPS) is 10.8. The molecule has 1 aromatic carbocycles. The molecule has 3 aromatic rings. The summed E-state index contributed by atoms with van der Waals surface area (Å²) in [6.45, 7) is 0. The zero-order valence-corrected chi connectivity index (χ0v) is 11.2. The van der Waals surface area contributed by atoms with Crippen LogP contribution < -0.4 is 4.74 Å². The fourth-order valence-corrected chi connectivity index (χ4v) is 2.67. The number of furan rings is 1. The van der Waals surface area contributed by atoms with E-state index in [1.165, 1.54) is 0 Å². The van der Waals surface area contributed by atoms with E-state index in [9.17, 15) is 0 Å². The minimum atomic E-state index is 0.746. The highest BCUT2D eigenvalue weighted by molar-refractivity contribution is 7.98. The van der Waals surface area contributed by atoms with E-state index in [0.717, 1.165) is 33.2 Å². The van der Waals surface area contributed by atoms with E-state index in [1.807, 2.05) is 30.3 Å². The Labute approximate surface area is 114 Å². The second-order valence-electron chi connectivity index (χ2n) is 3.93. The SMILES string of the molecule is COc1ccc2ncnc(SCc3ccco3)c2c1. The molecule has 0 saturated heterocycles. The van der Waals surface area contributed by atoms with E-state index in [2.05, 4.69) is 9.97 Å². The van der Waals surface area contributed by atoms with Crippen molar-refractivity contribution in [1.82, 2.24) is 9.97 Å². The second-order valence-corrected chi connectivity index (χ2v) is 4.89. The van der Waals surface area contributed by atoms with Crippen LogP contribution in [0.3, 0.4) is 0 Å². The molecule has 0 saturated carbocycles. The van der Waals surface area contributed by atoms with Gasteiger partial charge in [0.15, 0.2) is 0 Å². The van der Waals surface area contributed by atoms with Crippen LogP contribution in [0.2, 0.25) is 0 Å². The fraction of sp³-hybridized carbons (Fsp3) is 0.143. The smallest absolute Gasteiger partial charge is 0.119 e. The van der Waals surface area contributed by atoms with E-state index < -0.39 is 0 Å². The zero-order valence-electron chi connectivity index (χ0n) is 10.4. The molecule has 3 rings (SSSR count). The quantitative estimate of drug-likeness (QED) is 0.537. The number of thioether (sulfide) groups is 1. The average Bonchev–Trinajstić information content (AvgIpc) is 2.97. The number of ether oxygens (including phenoxy) is 1. The molecule has 0 N–H and O–H groups in total. The molecule has 2 aromatic heterocycles. The van der Waals surface area contributed by atoms with Gasteiger partial charge < -0.3 is 9.15 Å². The van der Waals surface area contributed by atoms with Gasteiger partial charge >= 0.3 is 0 Å². The van der Waals surface area contributed by atoms with E-state index in [-0.39, 0.29) is 0 Å². The first-order valence-corrected chi connectivity index (χ1v) is 6.79. The summed E-state index contributed by atoms with van der Waals surface area (Å²) in [6, 6.07) is 9.64. The number of methoxy groups -OCH3 is 1. The third-order valence-corrected chi connectivity index (χ3v) is 3.76. The van der Waals surface area contributed by atoms with Crippen molar-refractivity contribution in [3.05, 3.63) is 48.7 Å². The van der Waals surface area contributed by atoms with Crippen molar-refractivity contribution in [2.24, 2.45) is 0 Å². The van der Waals surface area contributed by atoms with Gasteiger partial charge in [0.2, 0.25) is 0 Å². The number of aromatic nitrogens is 2. The third-order valence-electron chi connectivity index (χ3n) is 2.74. The van der Waals surface area contributed by atoms with Crippen LogP contribution in [0.15, 0.2) is 52.4 Å². The molecule has 0 atom stereocenters. The molecule has 2 heterocycles. The highest BCUT2D eigenvalue weighted by Crippen LogP contribution is 2.29. The van der Waals surface area contributed by atoms with Crippen LogP contribution in [-0.4, -0.2) is 17.1 Å². The maximum absolute atomic E-state index is 5.32. The van der Waals surface area contributed by atoms with Crippen LogP contribution in [0, 0.1) is 0 Å². The van der Waals surface area contributed by atoms with Crippen molar-refractivity contribution in [1.29, 1.82) is 0 Å². The number of hydrogen-bond acceptors (Lipinski definition) is 5. The molecule has 0 spiro atoms. The predicted octanol–water partition coefficient (Wildman–Crippen LogP) is 3.52. The maximum atomic E-state index is 5.32. The number of benzene rings is 1. The first-order chi connectivity index (χ1) is 9.36. The molecular weight excluding hydrogens is 260 g/mol. The first kappa shape index (κ1) is 12.0. The molecule has 0 radical (unpaired) electrons. The Kier molecular flexibility index (Phi) is 3.37. The Bertz CT molecular complexity index is 683. The van der Waals surface area contributed by atoms with Crippen molar-refractivity contribution in [3.63, 3.8) is 0 Å². The summed E-state index contributed by atoms with van der Waals surface area (Å²) in [5, 5.41) is 1.93. The first-order valence-electron chi connectivity index (χ1n) is 5.81. The summed E-state index contributed by atoms with van der Waals surface area (Å²) in [7, 11) is 1.65. The van der Waals surface area contributed by atoms with Crippen molar-refractivity contribution in [2.45, 2.75) is 10.8 Å². The van der Waals surface area contributed by atoms with Crippen molar-refractivity contribution in [2.75, 3.05) is 7.11 Å². The number of fused-ring (bicyclic) bond motifs is 1. The van der Waals surface area contributed by atoms with E-state index in [4.69, 9.17) is 9.15 Å². The van der Waals surface area contributed by atoms with Crippen molar-refractivity contribution < 1.29 is 9.15 Å². The Morgan fingerprint density at radius 1 is 1.26 bits per heavy atom. The minimum absolute atomic E-state index is 0.746. The number of hydrogen-bond donors (Lipinski definition) is 0. The van der Waals surface area contributed by atoms with E-state index in [1.54, 1.807) is 31.5 Å². The Morgan fingerprint density at radius 2 is 2.21 bits per heavy atom. The zero-order chi connectivity index (χ0) is 13.1. The van der Waals surface area contributed by atoms with Gasteiger partial charge in [-0.25, -0.2) is 9.97 Å². The van der Waals surface area contributed by atoms with Gasteiger partial charge in [0, 0.05) is 5.39 Å². The lowest BCUT2D eigenvalue weighted by atomic mass is 10.2. The molecule has 4 nitrogen and oxygen atoms in total. The second kappa shape index (κ2) is 5.32. The lowest BCUT2D eigenvalue weighted by molar-refractivity contribution is 0.415. The van der Waals surface area contributed by atoms with Crippen LogP contribution in [0.1, 0.15) is 5.76 Å². The van der Waals surface area contributed by atoms with Crippen LogP contribution in [0.4, 0.5) is 0 Å². The average molecular weight is 272 g/mol. The highest BCUT2D eigenvalue weighted by Gasteiger charge is 2.07. The summed E-state index contributed by atoms with van der Waals surface area (Å²) in [4.78, 5) is 8.60. The van der Waals surface area contributed by atoms with Gasteiger partial charge in [-0.1, -0.05) is 11.8 Å². The highest BCUT2D eigenvalue weighted by atomic mass is 32.2. The fourth-order valence-electron chi connectivity index (χ4n) is 1.79. The van der Waals surface area contributed by atoms with Gasteiger partial charge in [-0.3, -0.25) is 0 Å². The molecule has 0 aliphatic rings. The predicted molar refractivity (Wildman–Crippen MR) is 74.4 cm³/mol. The van der Waals surface area contributed by atoms with Crippen molar-refractivity contribution >= 4 is 22.7 Å². The molecule has 0 fully saturated rings. The van der Waals surface area contributed by atoms with Crippen LogP contribution >= 0.6 is 11.8 Å². The maximum Gasteiger partial charge on any atom is 0.119 e. The topological polar surface area (TPSA) is 48.2 Å². The standard InChI is InChI=1S/C14H12N2O2S/c1-17-10-4-5-13-12(7-10)14(16-9-15-13)19-8-11-3-2-6-18-11/h2-7,9H,8H2,1H3. The Hall–Kier alpha value is -2.01. The summed E-state index contributed by atoms with van der Waals surface area (Å²) in [5.74, 6) is 2.48. The molecule has 0 amide bonds. The summed E-state index contributed by atoms with van der Waals surface area (Å²) < 4.78 is 10.6. The van der Waals surface area contributed by atoms with Crippen LogP contribution in [0.25, 0.3) is 10.9 Å². The summed E-state index contributed by atoms with van der Waals surface area (Å²) in [5.41, 5.74) is 0.915. The lowest BCUT2D eigenvalue weighted by Gasteiger charge is -2.05. The van der Waals surface area contributed by atoms with Crippen LogP contribution in [0.5, 0.6) is 5.75 Å². The molecule has 0 aliphatic carbocycles. The largest absolute Gasteiger partial charge is 0.497 e. The Morgan fingerprint density at radius 3 is 3.00 bits per heavy atom. The number of rotatable bonds is 4. The van der Waals surface area contributed by atoms with E-state index in [0.29, 0.717) is 0 Å². The molecule has 96 valence electrons. The van der Waals surface area contributed by atoms with Gasteiger partial charge in [-0.2, -0.15) is 0 Å². The lowest BCUT2D eigenvalue weighted by Crippen LogP contribution is -1.89. The van der Waals surface area contributed by atoms with Crippen LogP contribution in [-0.2, 0) is 5.75 Å². The third kappa shape index (κ3) is 2.56. The molecular formula is C14H12N2O2S. The van der Waals surface area contributed by atoms with Gasteiger partial charge in [0.25, 0.3) is 0 Å². The molecule has 0 bridgehead atoms. The summed E-state index contributed by atoms with van der Waals surface area (Å²) in [6.07, 6.45) is 3.26. The van der Waals surface area contributed by atoms with Crippen molar-refractivity contribution in [3.8, 4) is 5.75 Å². The van der Waals surface area contributed by atoms with Gasteiger partial charge in [0.1, 0.15) is 22.9 Å². The molecule has 19 heavy (non-hydrogen) atoms. The monoisotopic (exact) mass is 272 g/mol. The summed E-state index contributed by atoms with van der Waals surface area (Å²) >= 11 is 1.63. The molecule has 0 unspecified atom stereocenters. The van der Waals surface area contributed by atoms with Gasteiger partial charge in [-0.15, -0.1) is 0 Å². The van der Waals surface area contributed by atoms with E-state index >= 15 is 0 Å².